The number of aliphatic hydroxyl groups is 1. The lowest BCUT2D eigenvalue weighted by Crippen LogP contribution is -2.66. The third-order valence-corrected chi connectivity index (χ3v) is 18.7. The molecule has 0 amide bonds. The Morgan fingerprint density at radius 3 is 2.33 bits per heavy atom. The van der Waals surface area contributed by atoms with E-state index in [4.69, 9.17) is 25.2 Å². The fraction of sp³-hybridized carbons (Fsp3) is 0.567. The molecule has 12 heteroatoms. The molecule has 72 heavy (non-hydrogen) atoms. The van der Waals surface area contributed by atoms with E-state index in [1.807, 2.05) is 53.0 Å². The van der Waals surface area contributed by atoms with Gasteiger partial charge in [-0.2, -0.15) is 0 Å². The second-order valence-corrected chi connectivity index (χ2v) is 23.9. The number of nitrogens with zero attached hydrogens (tertiary/aromatic N) is 1. The summed E-state index contributed by atoms with van der Waals surface area (Å²) in [6.07, 6.45) is 30.5. The number of Topliss-reactive ketones (excluding diaryl/α,β-unsaturated/α-hetero) is 1. The number of benzene rings is 1. The Morgan fingerprint density at radius 2 is 1.65 bits per heavy atom. The molecule has 2 aromatic rings. The van der Waals surface area contributed by atoms with Gasteiger partial charge in [0.2, 0.25) is 5.60 Å². The molecule has 10 rings (SSSR count). The molecule has 0 bridgehead atoms. The number of ether oxygens (including phenoxy) is 3. The van der Waals surface area contributed by atoms with Crippen LogP contribution < -0.4 is 9.47 Å². The van der Waals surface area contributed by atoms with Gasteiger partial charge in [-0.1, -0.05) is 65.9 Å². The summed E-state index contributed by atoms with van der Waals surface area (Å²) in [7, 11) is 0. The van der Waals surface area contributed by atoms with Crippen LogP contribution in [0.15, 0.2) is 69.0 Å². The van der Waals surface area contributed by atoms with Gasteiger partial charge in [0.15, 0.2) is 17.1 Å². The van der Waals surface area contributed by atoms with E-state index < -0.39 is 51.6 Å². The number of carbonyl (C=O) groups excluding carboxylic acids is 1. The van der Waals surface area contributed by atoms with Crippen molar-refractivity contribution in [2.45, 2.75) is 181 Å². The molecule has 1 aromatic heterocycles. The number of ketones is 1. The third kappa shape index (κ3) is 7.68. The second kappa shape index (κ2) is 17.8. The molecule has 10 atom stereocenters. The van der Waals surface area contributed by atoms with Crippen molar-refractivity contribution < 1.29 is 53.5 Å². The van der Waals surface area contributed by atoms with Gasteiger partial charge in [-0.25, -0.2) is 9.59 Å². The highest BCUT2D eigenvalue weighted by Crippen LogP contribution is 2.68. The number of aliphatic carboxylic acids is 2. The van der Waals surface area contributed by atoms with Crippen LogP contribution in [-0.2, 0) is 27.2 Å². The first-order valence-electron chi connectivity index (χ1n) is 26.0. The van der Waals surface area contributed by atoms with Crippen molar-refractivity contribution >= 4 is 29.9 Å². The topological polar surface area (TPSA) is 186 Å². The van der Waals surface area contributed by atoms with E-state index >= 15 is 0 Å². The maximum Gasteiger partial charge on any atom is 0.340 e. The number of aromatic hydroxyl groups is 1. The van der Waals surface area contributed by atoms with Gasteiger partial charge < -0.3 is 39.2 Å². The van der Waals surface area contributed by atoms with Gasteiger partial charge in [-0.05, 0) is 174 Å². The molecule has 1 spiro atoms. The molecule has 4 heterocycles. The molecule has 3 aliphatic heterocycles. The number of terminal acetylenes is 1. The Hall–Kier alpha value is -5.64. The number of carboxylic acid groups (broad SMARTS) is 2. The van der Waals surface area contributed by atoms with Crippen LogP contribution in [0.1, 0.15) is 173 Å². The monoisotopic (exact) mass is 984 g/mol. The number of hydrogen-bond donors (Lipinski definition) is 4. The van der Waals surface area contributed by atoms with E-state index in [0.717, 1.165) is 56.3 Å². The molecule has 4 N–H and O–H groups in total. The van der Waals surface area contributed by atoms with Crippen LogP contribution in [-0.4, -0.2) is 71.3 Å². The van der Waals surface area contributed by atoms with Gasteiger partial charge in [-0.3, -0.25) is 4.79 Å². The molecule has 1 saturated heterocycles. The average molecular weight is 984 g/mol. The molecular weight excluding hydrogens is 911 g/mol. The van der Waals surface area contributed by atoms with E-state index in [2.05, 4.69) is 37.1 Å². The predicted molar refractivity (Wildman–Crippen MR) is 274 cm³/mol. The Balaban J connectivity index is 0.000000213. The summed E-state index contributed by atoms with van der Waals surface area (Å²) < 4.78 is 25.7. The van der Waals surface area contributed by atoms with Crippen LogP contribution in [0.2, 0.25) is 0 Å². The van der Waals surface area contributed by atoms with Gasteiger partial charge in [0, 0.05) is 40.0 Å². The van der Waals surface area contributed by atoms with Crippen molar-refractivity contribution in [1.29, 1.82) is 0 Å². The quantitative estimate of drug-likeness (QED) is 0.106. The molecule has 384 valence electrons. The largest absolute Gasteiger partial charge is 0.506 e. The van der Waals surface area contributed by atoms with Crippen LogP contribution in [0.25, 0.3) is 12.2 Å². The van der Waals surface area contributed by atoms with Gasteiger partial charge in [0.1, 0.15) is 34.0 Å². The van der Waals surface area contributed by atoms with Gasteiger partial charge in [-0.15, -0.1) is 6.42 Å². The average Bonchev–Trinajstić information content (AvgIpc) is 3.94. The fourth-order valence-electron chi connectivity index (χ4n) is 14.8. The first kappa shape index (κ1) is 51.3. The zero-order chi connectivity index (χ0) is 52.1. The van der Waals surface area contributed by atoms with E-state index in [-0.39, 0.29) is 45.5 Å². The molecule has 10 unspecified atom stereocenters. The maximum absolute atomic E-state index is 14.7. The zero-order valence-electron chi connectivity index (χ0n) is 43.8. The lowest BCUT2D eigenvalue weighted by Gasteiger charge is -2.58. The van der Waals surface area contributed by atoms with Gasteiger partial charge in [0.05, 0.1) is 17.4 Å². The Morgan fingerprint density at radius 1 is 0.931 bits per heavy atom. The number of hydrogen-bond acceptors (Lipinski definition) is 10. The van der Waals surface area contributed by atoms with Crippen LogP contribution in [0.3, 0.4) is 0 Å². The highest BCUT2D eigenvalue weighted by atomic mass is 16.6. The van der Waals surface area contributed by atoms with Crippen LogP contribution in [0, 0.1) is 46.8 Å². The standard InChI is InChI=1S/C38H46O9.C22H27NO2/c1-21(2)11-10-18-36(8)19-17-24-29(39)28-30(40)26-12-9-13-27-35(6,7)47-37(34(43)44,20-16-23(5)33(41)42)38(26,27)46-32(28)25(31(24)45-36)15-14-22(3)4;1-4-22(24)10-8-18-16-6-5-15-11-19-14(13-23-25-19)12-20(15,2)17(16)7-9-21(18,22)3/h11-12,14,16-17,19,27,39H,9-10,13,15,18,20H2,1-8H3,(H,41,42)(H,43,44);1,11,13,16-18,24H,5-10,12H2,2-3H3. The third-order valence-electron chi connectivity index (χ3n) is 18.7. The summed E-state index contributed by atoms with van der Waals surface area (Å²) in [4.78, 5) is 40.0. The van der Waals surface area contributed by atoms with Gasteiger partial charge >= 0.3 is 11.9 Å². The molecule has 8 aliphatic rings. The summed E-state index contributed by atoms with van der Waals surface area (Å²) in [5.74, 6) is 2.11. The SMILES string of the molecule is C#CC1(O)CCC2C3CCC4=Cc5oncc5CC4(C)C3CCC21C.CC(C)=CCCC1(C)C=Cc2c(O)c3c(c(CC=C(C)C)c2O1)OC12C(=CCCC1C(C)(C)OC2(CC=C(C)C(=O)O)C(=O)O)C3=O. The number of aromatic nitrogens is 1. The minimum atomic E-state index is -2.16. The number of rotatable bonds is 9. The van der Waals surface area contributed by atoms with Gasteiger partial charge in [0.25, 0.3) is 0 Å². The van der Waals surface area contributed by atoms with E-state index in [9.17, 15) is 34.8 Å². The second-order valence-electron chi connectivity index (χ2n) is 23.9. The molecule has 3 saturated carbocycles. The van der Waals surface area contributed by atoms with E-state index in [0.29, 0.717) is 60.3 Å². The highest BCUT2D eigenvalue weighted by molar-refractivity contribution is 6.17. The molecule has 1 aromatic carbocycles. The van der Waals surface area contributed by atoms with Crippen LogP contribution in [0.4, 0.5) is 0 Å². The first-order valence-corrected chi connectivity index (χ1v) is 26.0. The van der Waals surface area contributed by atoms with Crippen molar-refractivity contribution in [3.05, 3.63) is 92.5 Å². The number of phenolic OH excluding ortho intramolecular Hbond substituents is 1. The van der Waals surface area contributed by atoms with E-state index in [1.54, 1.807) is 31.6 Å². The molecular formula is C60H73NO11. The normalized spacial score (nSPS) is 35.1. The van der Waals surface area contributed by atoms with Crippen molar-refractivity contribution in [1.82, 2.24) is 5.16 Å². The highest BCUT2D eigenvalue weighted by Gasteiger charge is 2.77. The van der Waals surface area contributed by atoms with Crippen LogP contribution in [0.5, 0.6) is 17.2 Å². The lowest BCUT2D eigenvalue weighted by molar-refractivity contribution is -0.184. The Labute approximate surface area is 424 Å². The van der Waals surface area contributed by atoms with Crippen molar-refractivity contribution in [3.8, 4) is 29.6 Å². The number of allylic oxidation sites excluding steroid dienone is 6. The van der Waals surface area contributed by atoms with Crippen molar-refractivity contribution in [2.75, 3.05) is 0 Å². The summed E-state index contributed by atoms with van der Waals surface area (Å²) in [5.41, 5.74) is -0.679. The Kier molecular flexibility index (Phi) is 12.7. The number of phenols is 1. The van der Waals surface area contributed by atoms with Crippen molar-refractivity contribution in [3.63, 3.8) is 0 Å². The summed E-state index contributed by atoms with van der Waals surface area (Å²) in [6, 6.07) is 0. The molecule has 4 fully saturated rings. The molecule has 5 aliphatic carbocycles. The van der Waals surface area contributed by atoms with Crippen LogP contribution >= 0.6 is 0 Å². The fourth-order valence-corrected chi connectivity index (χ4v) is 14.8. The maximum atomic E-state index is 14.7. The Bertz CT molecular complexity index is 2860. The minimum Gasteiger partial charge on any atom is -0.506 e. The zero-order valence-corrected chi connectivity index (χ0v) is 43.8. The minimum absolute atomic E-state index is 0.0407. The first-order chi connectivity index (χ1) is 33.8. The predicted octanol–water partition coefficient (Wildman–Crippen LogP) is 11.7. The summed E-state index contributed by atoms with van der Waals surface area (Å²) in [5, 5.41) is 47.5. The van der Waals surface area contributed by atoms with Crippen molar-refractivity contribution in [2.24, 2.45) is 34.5 Å². The summed E-state index contributed by atoms with van der Waals surface area (Å²) in [6.45, 7) is 19.6. The number of fused-ring (bicyclic) bond motifs is 8. The number of carbonyl (C=O) groups is 3. The van der Waals surface area contributed by atoms with E-state index in [1.165, 1.54) is 30.6 Å². The lowest BCUT2D eigenvalue weighted by atomic mass is 9.46. The molecule has 12 nitrogen and oxygen atoms in total. The summed E-state index contributed by atoms with van der Waals surface area (Å²) >= 11 is 0. The smallest absolute Gasteiger partial charge is 0.340 e. The molecule has 0 radical (unpaired) electrons. The number of carboxylic acids is 2.